The van der Waals surface area contributed by atoms with Crippen molar-refractivity contribution in [2.24, 2.45) is 0 Å². The van der Waals surface area contributed by atoms with Crippen LogP contribution in [0.2, 0.25) is 0 Å². The maximum atomic E-state index is 4.56. The Morgan fingerprint density at radius 3 is 3.00 bits per heavy atom. The number of rotatable bonds is 5. The van der Waals surface area contributed by atoms with Crippen LogP contribution in [0, 0.1) is 6.92 Å². The van der Waals surface area contributed by atoms with Crippen molar-refractivity contribution < 1.29 is 0 Å². The van der Waals surface area contributed by atoms with Crippen molar-refractivity contribution in [3.05, 3.63) is 17.3 Å². The van der Waals surface area contributed by atoms with E-state index < -0.39 is 0 Å². The van der Waals surface area contributed by atoms with Crippen LogP contribution in [0.25, 0.3) is 11.0 Å². The van der Waals surface area contributed by atoms with Gasteiger partial charge in [0, 0.05) is 17.6 Å². The number of hydrogen-bond donors (Lipinski definition) is 2. The van der Waals surface area contributed by atoms with Gasteiger partial charge in [-0.3, -0.25) is 5.10 Å². The van der Waals surface area contributed by atoms with Gasteiger partial charge in [-0.15, -0.1) is 11.3 Å². The van der Waals surface area contributed by atoms with Crippen LogP contribution in [-0.4, -0.2) is 31.7 Å². The average Bonchev–Trinajstić information content (AvgIpc) is 3.05. The third-order valence-corrected chi connectivity index (χ3v) is 4.65. The third-order valence-electron chi connectivity index (χ3n) is 2.59. The van der Waals surface area contributed by atoms with Crippen LogP contribution in [0.15, 0.2) is 20.9 Å². The number of aryl methyl sites for hydroxylation is 1. The normalized spacial score (nSPS) is 11.1. The van der Waals surface area contributed by atoms with Crippen LogP contribution in [0.3, 0.4) is 0 Å². The second-order valence-electron chi connectivity index (χ2n) is 4.27. The summed E-state index contributed by atoms with van der Waals surface area (Å²) < 4.78 is 0.977. The van der Waals surface area contributed by atoms with E-state index in [0.717, 1.165) is 39.1 Å². The summed E-state index contributed by atoms with van der Waals surface area (Å²) >= 11 is 3.17. The minimum atomic E-state index is 0.624. The first-order valence-electron chi connectivity index (χ1n) is 6.31. The Morgan fingerprint density at radius 2 is 2.25 bits per heavy atom. The molecule has 0 aliphatic carbocycles. The smallest absolute Gasteiger partial charge is 0.225 e. The van der Waals surface area contributed by atoms with Crippen molar-refractivity contribution in [2.75, 3.05) is 11.9 Å². The van der Waals surface area contributed by atoms with Crippen molar-refractivity contribution in [1.29, 1.82) is 0 Å². The molecule has 6 nitrogen and oxygen atoms in total. The van der Waals surface area contributed by atoms with Crippen molar-refractivity contribution in [1.82, 2.24) is 25.1 Å². The second kappa shape index (κ2) is 5.76. The average molecular weight is 306 g/mol. The van der Waals surface area contributed by atoms with E-state index in [4.69, 9.17) is 0 Å². The van der Waals surface area contributed by atoms with Crippen molar-refractivity contribution in [3.8, 4) is 0 Å². The van der Waals surface area contributed by atoms with Crippen LogP contribution in [0.5, 0.6) is 0 Å². The van der Waals surface area contributed by atoms with Gasteiger partial charge in [-0.1, -0.05) is 6.92 Å². The molecular formula is C12H14N6S2. The lowest BCUT2D eigenvalue weighted by molar-refractivity contribution is 0.943. The molecule has 3 aromatic rings. The lowest BCUT2D eigenvalue weighted by atomic mass is 10.4. The molecule has 2 N–H and O–H groups in total. The van der Waals surface area contributed by atoms with Gasteiger partial charge in [-0.05, 0) is 25.1 Å². The zero-order chi connectivity index (χ0) is 13.9. The quantitative estimate of drug-likeness (QED) is 0.705. The molecule has 0 spiro atoms. The minimum Gasteiger partial charge on any atom is -0.354 e. The summed E-state index contributed by atoms with van der Waals surface area (Å²) in [4.78, 5) is 13.4. The summed E-state index contributed by atoms with van der Waals surface area (Å²) in [7, 11) is 0. The minimum absolute atomic E-state index is 0.624. The molecular weight excluding hydrogens is 292 g/mol. The van der Waals surface area contributed by atoms with Crippen molar-refractivity contribution in [3.63, 3.8) is 0 Å². The molecule has 0 saturated carbocycles. The summed E-state index contributed by atoms with van der Waals surface area (Å²) in [6, 6.07) is 0. The predicted octanol–water partition coefficient (Wildman–Crippen LogP) is 3.09. The first kappa shape index (κ1) is 13.3. The van der Waals surface area contributed by atoms with Crippen molar-refractivity contribution >= 4 is 40.1 Å². The van der Waals surface area contributed by atoms with E-state index in [0.29, 0.717) is 5.95 Å². The predicted molar refractivity (Wildman–Crippen MR) is 81.4 cm³/mol. The monoisotopic (exact) mass is 306 g/mol. The van der Waals surface area contributed by atoms with E-state index in [1.807, 2.05) is 12.3 Å². The number of aromatic nitrogens is 5. The summed E-state index contributed by atoms with van der Waals surface area (Å²) in [5.74, 6) is 0.624. The highest BCUT2D eigenvalue weighted by molar-refractivity contribution is 8.01. The number of nitrogens with one attached hydrogen (secondary N) is 2. The molecule has 3 rings (SSSR count). The van der Waals surface area contributed by atoms with Gasteiger partial charge in [-0.25, -0.2) is 9.97 Å². The summed E-state index contributed by atoms with van der Waals surface area (Å²) in [6.45, 7) is 4.94. The van der Waals surface area contributed by atoms with E-state index in [9.17, 15) is 0 Å². The number of nitrogens with zero attached hydrogens (tertiary/aromatic N) is 4. The lowest BCUT2D eigenvalue weighted by Gasteiger charge is -2.05. The summed E-state index contributed by atoms with van der Waals surface area (Å²) in [5.41, 5.74) is 1.77. The lowest BCUT2D eigenvalue weighted by Crippen LogP contribution is -2.05. The highest BCUT2D eigenvalue weighted by atomic mass is 32.2. The maximum absolute atomic E-state index is 4.56. The first-order chi connectivity index (χ1) is 9.76. The molecule has 20 heavy (non-hydrogen) atoms. The molecule has 8 heteroatoms. The second-order valence-corrected chi connectivity index (χ2v) is 6.36. The molecule has 0 unspecified atom stereocenters. The van der Waals surface area contributed by atoms with Crippen LogP contribution >= 0.6 is 23.1 Å². The van der Waals surface area contributed by atoms with Gasteiger partial charge in [0.1, 0.15) is 5.03 Å². The van der Waals surface area contributed by atoms with Crippen LogP contribution < -0.4 is 5.32 Å². The molecule has 0 fully saturated rings. The molecule has 0 aliphatic rings. The van der Waals surface area contributed by atoms with E-state index in [1.165, 1.54) is 0 Å². The molecule has 3 heterocycles. The molecule has 0 aliphatic heterocycles. The number of hydrogen-bond acceptors (Lipinski definition) is 7. The zero-order valence-electron chi connectivity index (χ0n) is 11.2. The summed E-state index contributed by atoms with van der Waals surface area (Å²) in [6.07, 6.45) is 2.78. The Labute approximate surface area is 124 Å². The Kier molecular flexibility index (Phi) is 3.83. The standard InChI is InChI=1S/C12H14N6S2/c1-3-4-13-11-16-9-8(5-14-18-9)10(17-11)20-12-15-7(2)6-19-12/h5-6H,3-4H2,1-2H3,(H2,13,14,16,17,18). The number of fused-ring (bicyclic) bond motifs is 1. The first-order valence-corrected chi connectivity index (χ1v) is 8.01. The Morgan fingerprint density at radius 1 is 1.35 bits per heavy atom. The molecule has 0 radical (unpaired) electrons. The van der Waals surface area contributed by atoms with E-state index in [1.54, 1.807) is 29.3 Å². The van der Waals surface area contributed by atoms with E-state index in [2.05, 4.69) is 37.4 Å². The number of H-pyrrole nitrogens is 1. The molecule has 0 atom stereocenters. The fourth-order valence-corrected chi connectivity index (χ4v) is 3.50. The Balaban J connectivity index is 1.96. The SMILES string of the molecule is CCCNc1nc(Sc2nc(C)cs2)c2cn[nH]c2n1. The largest absolute Gasteiger partial charge is 0.354 e. The fourth-order valence-electron chi connectivity index (χ4n) is 1.66. The number of aromatic amines is 1. The van der Waals surface area contributed by atoms with Gasteiger partial charge in [-0.2, -0.15) is 10.1 Å². The molecule has 0 bridgehead atoms. The Bertz CT molecular complexity index is 720. The van der Waals surface area contributed by atoms with Crippen LogP contribution in [-0.2, 0) is 0 Å². The highest BCUT2D eigenvalue weighted by Crippen LogP contribution is 2.33. The molecule has 0 aromatic carbocycles. The highest BCUT2D eigenvalue weighted by Gasteiger charge is 2.12. The number of anilines is 1. The maximum Gasteiger partial charge on any atom is 0.225 e. The molecule has 3 aromatic heterocycles. The van der Waals surface area contributed by atoms with Gasteiger partial charge in [0.05, 0.1) is 11.6 Å². The van der Waals surface area contributed by atoms with E-state index in [-0.39, 0.29) is 0 Å². The van der Waals surface area contributed by atoms with E-state index >= 15 is 0 Å². The van der Waals surface area contributed by atoms with Gasteiger partial charge in [0.2, 0.25) is 5.95 Å². The Hall–Kier alpha value is -1.67. The van der Waals surface area contributed by atoms with Crippen LogP contribution in [0.4, 0.5) is 5.95 Å². The van der Waals surface area contributed by atoms with Crippen LogP contribution in [0.1, 0.15) is 19.0 Å². The third kappa shape index (κ3) is 2.75. The van der Waals surface area contributed by atoms with Crippen molar-refractivity contribution in [2.45, 2.75) is 29.6 Å². The van der Waals surface area contributed by atoms with Gasteiger partial charge < -0.3 is 5.32 Å². The van der Waals surface area contributed by atoms with Gasteiger partial charge >= 0.3 is 0 Å². The molecule has 0 saturated heterocycles. The number of thiazole rings is 1. The zero-order valence-corrected chi connectivity index (χ0v) is 12.8. The topological polar surface area (TPSA) is 79.4 Å². The fraction of sp³-hybridized carbons (Fsp3) is 0.333. The van der Waals surface area contributed by atoms with Gasteiger partial charge in [0.15, 0.2) is 9.99 Å². The molecule has 104 valence electrons. The molecule has 0 amide bonds. The summed E-state index contributed by atoms with van der Waals surface area (Å²) in [5, 5.41) is 14.0. The van der Waals surface area contributed by atoms with Gasteiger partial charge in [0.25, 0.3) is 0 Å².